The molecule has 0 aromatic heterocycles. The molecule has 11 heteroatoms. The van der Waals surface area contributed by atoms with Crippen molar-refractivity contribution >= 4 is 0 Å². The number of aryl methyl sites for hydroxylation is 1. The molecule has 7 N–H and O–H groups in total. The number of hydrogen-bond donors (Lipinski definition) is 7. The molecule has 0 saturated carbocycles. The van der Waals surface area contributed by atoms with Gasteiger partial charge in [-0.05, 0) is 37.5 Å². The van der Waals surface area contributed by atoms with E-state index in [2.05, 4.69) is 0 Å². The largest absolute Gasteiger partial charge is 0.508 e. The van der Waals surface area contributed by atoms with Gasteiger partial charge >= 0.3 is 0 Å². The van der Waals surface area contributed by atoms with E-state index in [0.717, 1.165) is 5.56 Å². The van der Waals surface area contributed by atoms with Gasteiger partial charge in [-0.15, -0.1) is 0 Å². The average Bonchev–Trinajstić information content (AvgIpc) is 3.06. The second-order valence-corrected chi connectivity index (χ2v) is 8.21. The van der Waals surface area contributed by atoms with Crippen LogP contribution in [0.2, 0.25) is 0 Å². The van der Waals surface area contributed by atoms with Crippen LogP contribution in [0.5, 0.6) is 5.75 Å². The van der Waals surface area contributed by atoms with Gasteiger partial charge < -0.3 is 54.7 Å². The average molecular weight is 460 g/mol. The molecule has 10 atom stereocenters. The maximum absolute atomic E-state index is 10.3. The summed E-state index contributed by atoms with van der Waals surface area (Å²) in [5.41, 5.74) is 0.989. The summed E-state index contributed by atoms with van der Waals surface area (Å²) in [5, 5.41) is 68.9. The van der Waals surface area contributed by atoms with E-state index in [-0.39, 0.29) is 18.5 Å². The van der Waals surface area contributed by atoms with Gasteiger partial charge in [0.05, 0.1) is 19.3 Å². The molecule has 0 spiro atoms. The highest BCUT2D eigenvalue weighted by atomic mass is 16.7. The molecule has 2 aliphatic heterocycles. The molecule has 2 fully saturated rings. The van der Waals surface area contributed by atoms with E-state index >= 15 is 0 Å². The quantitative estimate of drug-likeness (QED) is 0.217. The van der Waals surface area contributed by atoms with E-state index < -0.39 is 61.9 Å². The van der Waals surface area contributed by atoms with Crippen molar-refractivity contribution in [3.63, 3.8) is 0 Å². The molecular formula is C21H32O11. The predicted molar refractivity (Wildman–Crippen MR) is 107 cm³/mol. The van der Waals surface area contributed by atoms with Crippen molar-refractivity contribution in [2.45, 2.75) is 81.2 Å². The number of ether oxygens (including phenoxy) is 4. The Hall–Kier alpha value is -1.38. The summed E-state index contributed by atoms with van der Waals surface area (Å²) in [4.78, 5) is 0. The van der Waals surface area contributed by atoms with E-state index in [9.17, 15) is 30.6 Å². The molecule has 1 aromatic rings. The number of phenols is 1. The number of aliphatic hydroxyl groups excluding tert-OH is 6. The first-order chi connectivity index (χ1) is 15.2. The third-order valence-corrected chi connectivity index (χ3v) is 5.73. The van der Waals surface area contributed by atoms with E-state index in [1.807, 2.05) is 0 Å². The minimum Gasteiger partial charge on any atom is -0.508 e. The monoisotopic (exact) mass is 460 g/mol. The van der Waals surface area contributed by atoms with Crippen LogP contribution in [0.1, 0.15) is 18.9 Å². The van der Waals surface area contributed by atoms with Crippen LogP contribution >= 0.6 is 0 Å². The summed E-state index contributed by atoms with van der Waals surface area (Å²) < 4.78 is 21.9. The lowest BCUT2D eigenvalue weighted by molar-refractivity contribution is -0.318. The molecule has 0 radical (unpaired) electrons. The summed E-state index contributed by atoms with van der Waals surface area (Å²) in [6.07, 6.45) is -11.0. The zero-order valence-corrected chi connectivity index (χ0v) is 17.7. The normalized spacial score (nSPS) is 38.7. The summed E-state index contributed by atoms with van der Waals surface area (Å²) in [5.74, 6) is 0.175. The first-order valence-electron chi connectivity index (χ1n) is 10.6. The molecule has 2 heterocycles. The number of rotatable bonds is 9. The maximum atomic E-state index is 10.3. The molecule has 0 bridgehead atoms. The third-order valence-electron chi connectivity index (χ3n) is 5.73. The van der Waals surface area contributed by atoms with Gasteiger partial charge in [-0.2, -0.15) is 0 Å². The fourth-order valence-corrected chi connectivity index (χ4v) is 3.69. The van der Waals surface area contributed by atoms with Gasteiger partial charge in [-0.25, -0.2) is 0 Å². The Morgan fingerprint density at radius 2 is 1.44 bits per heavy atom. The third kappa shape index (κ3) is 5.94. The summed E-state index contributed by atoms with van der Waals surface area (Å²) in [6, 6.07) is 6.76. The van der Waals surface area contributed by atoms with Crippen LogP contribution in [0.15, 0.2) is 24.3 Å². The van der Waals surface area contributed by atoms with Crippen molar-refractivity contribution in [3.8, 4) is 5.75 Å². The van der Waals surface area contributed by atoms with E-state index in [1.54, 1.807) is 31.2 Å². The van der Waals surface area contributed by atoms with Gasteiger partial charge in [-0.3, -0.25) is 0 Å². The molecular weight excluding hydrogens is 428 g/mol. The fourth-order valence-electron chi connectivity index (χ4n) is 3.69. The number of hydrogen-bond acceptors (Lipinski definition) is 11. The molecule has 0 amide bonds. The van der Waals surface area contributed by atoms with Crippen LogP contribution in [0.25, 0.3) is 0 Å². The first kappa shape index (κ1) is 25.2. The molecule has 2 aliphatic rings. The molecule has 11 nitrogen and oxygen atoms in total. The lowest BCUT2D eigenvalue weighted by Crippen LogP contribution is -2.60. The Bertz CT molecular complexity index is 701. The standard InChI is InChI=1S/C21H32O11/c1-10(2-3-11-4-6-12(23)7-5-11)30-21-19(28)17(26)16(25)14(32-21)9-29-20-18(27)15(24)13(8-22)31-20/h4-7,10,13-28H,2-3,8-9H2,1H3/t10-,13+,14-,15+,16-,17+,18-,19-,20-,21-/m1/s1. The Balaban J connectivity index is 1.52. The van der Waals surface area contributed by atoms with E-state index in [1.165, 1.54) is 0 Å². The summed E-state index contributed by atoms with van der Waals surface area (Å²) in [6.45, 7) is 0.932. The highest BCUT2D eigenvalue weighted by Gasteiger charge is 2.47. The SMILES string of the molecule is C[C@H](CCc1ccc(O)cc1)O[C@@H]1O[C@H](CO[C@@H]2O[C@@H](CO)[C@H](O)[C@H]2O)[C@@H](O)[C@H](O)[C@H]1O. The zero-order chi connectivity index (χ0) is 23.4. The zero-order valence-electron chi connectivity index (χ0n) is 17.7. The van der Waals surface area contributed by atoms with Gasteiger partial charge in [0.2, 0.25) is 0 Å². The molecule has 0 unspecified atom stereocenters. The van der Waals surface area contributed by atoms with Crippen molar-refractivity contribution in [1.29, 1.82) is 0 Å². The number of benzene rings is 1. The van der Waals surface area contributed by atoms with Crippen LogP contribution < -0.4 is 0 Å². The maximum Gasteiger partial charge on any atom is 0.186 e. The van der Waals surface area contributed by atoms with Gasteiger partial charge in [0.1, 0.15) is 48.5 Å². The minimum absolute atomic E-state index is 0.175. The molecule has 3 rings (SSSR count). The molecule has 0 aliphatic carbocycles. The summed E-state index contributed by atoms with van der Waals surface area (Å²) >= 11 is 0. The lowest BCUT2D eigenvalue weighted by atomic mass is 9.99. The van der Waals surface area contributed by atoms with Crippen molar-refractivity contribution in [3.05, 3.63) is 29.8 Å². The summed E-state index contributed by atoms with van der Waals surface area (Å²) in [7, 11) is 0. The Morgan fingerprint density at radius 3 is 2.06 bits per heavy atom. The second-order valence-electron chi connectivity index (χ2n) is 8.21. The highest BCUT2D eigenvalue weighted by molar-refractivity contribution is 5.25. The number of phenolic OH excluding ortho intramolecular Hbond substituents is 1. The molecule has 1 aromatic carbocycles. The van der Waals surface area contributed by atoms with Crippen LogP contribution in [-0.2, 0) is 25.4 Å². The predicted octanol–water partition coefficient (Wildman–Crippen LogP) is -2.01. The molecule has 182 valence electrons. The van der Waals surface area contributed by atoms with Gasteiger partial charge in [0, 0.05) is 0 Å². The van der Waals surface area contributed by atoms with Crippen LogP contribution in [-0.4, -0.2) is 110 Å². The number of aromatic hydroxyl groups is 1. The van der Waals surface area contributed by atoms with Crippen molar-refractivity contribution in [1.82, 2.24) is 0 Å². The first-order valence-corrected chi connectivity index (χ1v) is 10.6. The van der Waals surface area contributed by atoms with E-state index in [0.29, 0.717) is 12.8 Å². The van der Waals surface area contributed by atoms with Crippen LogP contribution in [0, 0.1) is 0 Å². The van der Waals surface area contributed by atoms with Gasteiger partial charge in [-0.1, -0.05) is 12.1 Å². The van der Waals surface area contributed by atoms with Crippen molar-refractivity contribution < 1.29 is 54.7 Å². The van der Waals surface area contributed by atoms with Crippen molar-refractivity contribution in [2.24, 2.45) is 0 Å². The van der Waals surface area contributed by atoms with E-state index in [4.69, 9.17) is 24.1 Å². The topological polar surface area (TPSA) is 179 Å². The van der Waals surface area contributed by atoms with Crippen molar-refractivity contribution in [2.75, 3.05) is 13.2 Å². The lowest BCUT2D eigenvalue weighted by Gasteiger charge is -2.41. The minimum atomic E-state index is -1.56. The Kier molecular flexibility index (Phi) is 8.81. The Morgan fingerprint density at radius 1 is 0.844 bits per heavy atom. The molecule has 2 saturated heterocycles. The second kappa shape index (κ2) is 11.2. The van der Waals surface area contributed by atoms with Gasteiger partial charge in [0.25, 0.3) is 0 Å². The van der Waals surface area contributed by atoms with Gasteiger partial charge in [0.15, 0.2) is 12.6 Å². The van der Waals surface area contributed by atoms with Crippen LogP contribution in [0.3, 0.4) is 0 Å². The van der Waals surface area contributed by atoms with Crippen LogP contribution in [0.4, 0.5) is 0 Å². The highest BCUT2D eigenvalue weighted by Crippen LogP contribution is 2.27. The fraction of sp³-hybridized carbons (Fsp3) is 0.714. The number of aliphatic hydroxyl groups is 6. The molecule has 32 heavy (non-hydrogen) atoms. The Labute approximate surface area is 185 Å². The smallest absolute Gasteiger partial charge is 0.186 e.